The zero-order valence-corrected chi connectivity index (χ0v) is 14.1. The van der Waals surface area contributed by atoms with Crippen molar-refractivity contribution in [1.29, 1.82) is 0 Å². The largest absolute Gasteiger partial charge is 0.326 e. The van der Waals surface area contributed by atoms with Crippen molar-refractivity contribution >= 4 is 27.5 Å². The highest BCUT2D eigenvalue weighted by atomic mass is 79.9. The van der Waals surface area contributed by atoms with E-state index < -0.39 is 0 Å². The second-order valence-corrected chi connectivity index (χ2v) is 9.40. The van der Waals surface area contributed by atoms with Gasteiger partial charge in [-0.15, -0.1) is 0 Å². The monoisotopic (exact) mass is 347 g/mol. The first kappa shape index (κ1) is 13.8. The highest BCUT2D eigenvalue weighted by Crippen LogP contribution is 2.64. The van der Waals surface area contributed by atoms with E-state index in [1.165, 1.54) is 24.8 Å². The van der Waals surface area contributed by atoms with E-state index >= 15 is 0 Å². The maximum atomic E-state index is 13.0. The minimum absolute atomic E-state index is 0.128. The Bertz CT molecular complexity index is 583. The smallest absolute Gasteiger partial charge is 0.230 e. The third kappa shape index (κ3) is 2.34. The molecule has 0 radical (unpaired) electrons. The molecule has 4 aliphatic carbocycles. The second-order valence-electron chi connectivity index (χ2n) is 7.72. The number of nitrogens with one attached hydrogen (secondary N) is 1. The van der Waals surface area contributed by atoms with Crippen LogP contribution in [0.4, 0.5) is 5.69 Å². The van der Waals surface area contributed by atoms with Gasteiger partial charge in [-0.1, -0.05) is 28.1 Å². The van der Waals surface area contributed by atoms with Crippen LogP contribution in [0.1, 0.15) is 44.1 Å². The van der Waals surface area contributed by atoms with Crippen molar-refractivity contribution in [3.8, 4) is 0 Å². The van der Waals surface area contributed by atoms with Crippen LogP contribution in [0, 0.1) is 24.2 Å². The number of hydrogen-bond acceptors (Lipinski definition) is 1. The zero-order chi connectivity index (χ0) is 14.7. The minimum Gasteiger partial charge on any atom is -0.326 e. The van der Waals surface area contributed by atoms with Gasteiger partial charge in [-0.2, -0.15) is 0 Å². The normalized spacial score (nSPS) is 40.3. The molecule has 1 aromatic rings. The summed E-state index contributed by atoms with van der Waals surface area (Å²) in [6.45, 7) is 2.06. The number of anilines is 1. The summed E-state index contributed by atoms with van der Waals surface area (Å²) in [5.74, 6) is 1.74. The van der Waals surface area contributed by atoms with Crippen molar-refractivity contribution in [3.05, 3.63) is 29.8 Å². The van der Waals surface area contributed by atoms with Crippen molar-refractivity contribution in [2.24, 2.45) is 17.3 Å². The van der Waals surface area contributed by atoms with Crippen LogP contribution in [0.25, 0.3) is 0 Å². The van der Waals surface area contributed by atoms with E-state index in [2.05, 4.69) is 40.3 Å². The molecular weight excluding hydrogens is 326 g/mol. The van der Waals surface area contributed by atoms with E-state index in [-0.39, 0.29) is 15.6 Å². The summed E-state index contributed by atoms with van der Waals surface area (Å²) in [5.41, 5.74) is 2.01. The Morgan fingerprint density at radius 1 is 1.24 bits per heavy atom. The van der Waals surface area contributed by atoms with Crippen molar-refractivity contribution in [1.82, 2.24) is 0 Å². The van der Waals surface area contributed by atoms with Gasteiger partial charge in [0.2, 0.25) is 5.91 Å². The fraction of sp³-hybridized carbons (Fsp3) is 0.611. The van der Waals surface area contributed by atoms with Crippen LogP contribution >= 0.6 is 15.9 Å². The Morgan fingerprint density at radius 2 is 1.95 bits per heavy atom. The number of carbonyl (C=O) groups is 1. The number of rotatable bonds is 2. The fourth-order valence-electron chi connectivity index (χ4n) is 5.40. The molecule has 4 saturated carbocycles. The number of halogens is 1. The summed E-state index contributed by atoms with van der Waals surface area (Å²) < 4.78 is 0.237. The molecule has 4 bridgehead atoms. The molecule has 0 heterocycles. The van der Waals surface area contributed by atoms with Gasteiger partial charge in [0.1, 0.15) is 0 Å². The quantitative estimate of drug-likeness (QED) is 0.774. The zero-order valence-electron chi connectivity index (χ0n) is 12.5. The molecule has 0 aliphatic heterocycles. The summed E-state index contributed by atoms with van der Waals surface area (Å²) in [6, 6.07) is 8.13. The third-order valence-electron chi connectivity index (χ3n) is 5.75. The van der Waals surface area contributed by atoms with Crippen LogP contribution in [0.2, 0.25) is 0 Å². The second kappa shape index (κ2) is 4.58. The Balaban J connectivity index is 1.59. The Labute approximate surface area is 134 Å². The van der Waals surface area contributed by atoms with Crippen molar-refractivity contribution in [3.63, 3.8) is 0 Å². The van der Waals surface area contributed by atoms with Crippen LogP contribution in [-0.4, -0.2) is 10.2 Å². The van der Waals surface area contributed by atoms with Crippen LogP contribution in [0.3, 0.4) is 0 Å². The van der Waals surface area contributed by atoms with Gasteiger partial charge in [0.25, 0.3) is 0 Å². The Hall–Kier alpha value is -0.830. The topological polar surface area (TPSA) is 29.1 Å². The molecule has 0 spiro atoms. The maximum absolute atomic E-state index is 13.0. The lowest BCUT2D eigenvalue weighted by Crippen LogP contribution is -2.57. The summed E-state index contributed by atoms with van der Waals surface area (Å²) in [4.78, 5) is 13.0. The van der Waals surface area contributed by atoms with Gasteiger partial charge in [-0.25, -0.2) is 0 Å². The van der Waals surface area contributed by atoms with Gasteiger partial charge in [0, 0.05) is 10.0 Å². The first-order valence-electron chi connectivity index (χ1n) is 8.04. The van der Waals surface area contributed by atoms with Gasteiger partial charge < -0.3 is 5.32 Å². The lowest BCUT2D eigenvalue weighted by molar-refractivity contribution is -0.138. The fourth-order valence-corrected chi connectivity index (χ4v) is 6.86. The molecule has 1 amide bonds. The number of hydrogen-bond donors (Lipinski definition) is 1. The average Bonchev–Trinajstić information content (AvgIpc) is 2.35. The molecule has 21 heavy (non-hydrogen) atoms. The molecule has 5 rings (SSSR count). The number of aryl methyl sites for hydroxylation is 1. The van der Waals surface area contributed by atoms with Gasteiger partial charge in [-0.3, -0.25) is 4.79 Å². The molecule has 4 fully saturated rings. The first-order chi connectivity index (χ1) is 9.96. The summed E-state index contributed by atoms with van der Waals surface area (Å²) in [7, 11) is 0. The van der Waals surface area contributed by atoms with E-state index in [9.17, 15) is 4.79 Å². The van der Waals surface area contributed by atoms with Crippen molar-refractivity contribution < 1.29 is 4.79 Å². The lowest BCUT2D eigenvalue weighted by Gasteiger charge is -2.59. The van der Waals surface area contributed by atoms with Crippen molar-refractivity contribution in [2.75, 3.05) is 5.32 Å². The SMILES string of the molecule is Cc1cccc(NC(=O)C23C[C@@H]4C[C@@H](CC(Br)(C4)C2)C3)c1. The molecule has 3 heteroatoms. The molecule has 1 aromatic carbocycles. The average molecular weight is 348 g/mol. The molecule has 4 aliphatic rings. The number of benzene rings is 1. The van der Waals surface area contributed by atoms with E-state index in [4.69, 9.17) is 0 Å². The molecule has 0 aromatic heterocycles. The third-order valence-corrected chi connectivity index (χ3v) is 6.68. The van der Waals surface area contributed by atoms with Gasteiger partial charge in [0.05, 0.1) is 5.41 Å². The number of alkyl halides is 1. The Morgan fingerprint density at radius 3 is 2.57 bits per heavy atom. The van der Waals surface area contributed by atoms with Gasteiger partial charge in [-0.05, 0) is 75.0 Å². The van der Waals surface area contributed by atoms with E-state index in [0.717, 1.165) is 36.8 Å². The summed E-state index contributed by atoms with van der Waals surface area (Å²) >= 11 is 3.98. The van der Waals surface area contributed by atoms with Gasteiger partial charge in [0.15, 0.2) is 0 Å². The van der Waals surface area contributed by atoms with Crippen LogP contribution in [0.15, 0.2) is 24.3 Å². The summed E-state index contributed by atoms with van der Waals surface area (Å²) in [5, 5.41) is 3.20. The van der Waals surface area contributed by atoms with E-state index in [1.54, 1.807) is 0 Å². The Kier molecular flexibility index (Phi) is 3.01. The molecule has 2 nitrogen and oxygen atoms in total. The lowest BCUT2D eigenvalue weighted by atomic mass is 9.49. The standard InChI is InChI=1S/C18H22BrNO/c1-12-3-2-4-15(5-12)20-16(21)17-7-13-6-14(8-17)10-18(19,9-13)11-17/h2-5,13-14H,6-11H2,1H3,(H,20,21)/t13-,14+,17?,18?. The molecule has 112 valence electrons. The molecule has 0 saturated heterocycles. The maximum Gasteiger partial charge on any atom is 0.230 e. The van der Waals surface area contributed by atoms with Crippen LogP contribution in [-0.2, 0) is 4.79 Å². The molecule has 2 unspecified atom stereocenters. The molecule has 4 atom stereocenters. The van der Waals surface area contributed by atoms with E-state index in [1.807, 2.05) is 12.1 Å². The minimum atomic E-state index is -0.128. The van der Waals surface area contributed by atoms with Crippen molar-refractivity contribution in [2.45, 2.75) is 49.8 Å². The predicted molar refractivity (Wildman–Crippen MR) is 88.6 cm³/mol. The molecular formula is C18H22BrNO. The van der Waals surface area contributed by atoms with Gasteiger partial charge >= 0.3 is 0 Å². The van der Waals surface area contributed by atoms with Crippen LogP contribution < -0.4 is 5.32 Å². The van der Waals surface area contributed by atoms with Crippen LogP contribution in [0.5, 0.6) is 0 Å². The summed E-state index contributed by atoms with van der Waals surface area (Å²) in [6.07, 6.45) is 7.08. The van der Waals surface area contributed by atoms with E-state index in [0.29, 0.717) is 0 Å². The highest BCUT2D eigenvalue weighted by Gasteiger charge is 2.59. The molecule has 1 N–H and O–H groups in total. The predicted octanol–water partition coefficient (Wildman–Crippen LogP) is 4.67. The number of amides is 1. The highest BCUT2D eigenvalue weighted by molar-refractivity contribution is 9.10. The first-order valence-corrected chi connectivity index (χ1v) is 8.83. The number of carbonyl (C=O) groups excluding carboxylic acids is 1.